The normalized spacial score (nSPS) is 13.2. The van der Waals surface area contributed by atoms with Crippen LogP contribution >= 0.6 is 0 Å². The van der Waals surface area contributed by atoms with E-state index in [0.29, 0.717) is 0 Å². The van der Waals surface area contributed by atoms with Crippen molar-refractivity contribution in [3.8, 4) is 0 Å². The van der Waals surface area contributed by atoms with Crippen LogP contribution < -0.4 is 11.1 Å². The molecular weight excluding hydrogens is 250 g/mol. The van der Waals surface area contributed by atoms with Crippen LogP contribution in [0.2, 0.25) is 0 Å². The van der Waals surface area contributed by atoms with Gasteiger partial charge in [-0.05, 0) is 38.8 Å². The van der Waals surface area contributed by atoms with Crippen molar-refractivity contribution in [2.75, 3.05) is 6.54 Å². The van der Waals surface area contributed by atoms with Crippen LogP contribution in [-0.2, 0) is 11.2 Å². The zero-order chi connectivity index (χ0) is 14.6. The molecule has 0 aromatic heterocycles. The summed E-state index contributed by atoms with van der Waals surface area (Å²) in [5.41, 5.74) is 5.33. The first-order valence-electron chi connectivity index (χ1n) is 6.19. The third-order valence-corrected chi connectivity index (χ3v) is 2.65. The molecule has 0 aliphatic rings. The van der Waals surface area contributed by atoms with Gasteiger partial charge in [0.1, 0.15) is 0 Å². The third kappa shape index (κ3) is 4.59. The van der Waals surface area contributed by atoms with Crippen molar-refractivity contribution in [3.63, 3.8) is 0 Å². The molecule has 0 saturated carbocycles. The summed E-state index contributed by atoms with van der Waals surface area (Å²) in [5.74, 6) is -2.65. The van der Waals surface area contributed by atoms with Crippen molar-refractivity contribution in [1.29, 1.82) is 0 Å². The molecule has 1 atom stereocenters. The topological polar surface area (TPSA) is 55.1 Å². The Balaban J connectivity index is 2.82. The van der Waals surface area contributed by atoms with Crippen LogP contribution in [0.15, 0.2) is 18.2 Å². The molecule has 1 amide bonds. The summed E-state index contributed by atoms with van der Waals surface area (Å²) in [7, 11) is 0. The van der Waals surface area contributed by atoms with Gasteiger partial charge in [-0.2, -0.15) is 0 Å². The zero-order valence-electron chi connectivity index (χ0n) is 11.5. The molecule has 1 rings (SSSR count). The van der Waals surface area contributed by atoms with Gasteiger partial charge in [0.05, 0.1) is 5.92 Å². The summed E-state index contributed by atoms with van der Waals surface area (Å²) >= 11 is 0. The summed E-state index contributed by atoms with van der Waals surface area (Å²) in [6.45, 7) is 5.63. The predicted molar refractivity (Wildman–Crippen MR) is 70.5 cm³/mol. The maximum absolute atomic E-state index is 13.6. The van der Waals surface area contributed by atoms with Gasteiger partial charge in [0.15, 0.2) is 11.6 Å². The average Bonchev–Trinajstić information content (AvgIpc) is 2.28. The molecule has 0 radical (unpaired) electrons. The van der Waals surface area contributed by atoms with Crippen LogP contribution in [0.25, 0.3) is 0 Å². The molecule has 1 aromatic rings. The maximum atomic E-state index is 13.6. The molecule has 0 bridgehead atoms. The van der Waals surface area contributed by atoms with Gasteiger partial charge >= 0.3 is 0 Å². The first-order chi connectivity index (χ1) is 8.74. The molecule has 5 heteroatoms. The molecule has 0 saturated heterocycles. The molecule has 0 aliphatic carbocycles. The summed E-state index contributed by atoms with van der Waals surface area (Å²) < 4.78 is 26.7. The highest BCUT2D eigenvalue weighted by Gasteiger charge is 2.23. The second kappa shape index (κ2) is 6.10. The lowest BCUT2D eigenvalue weighted by molar-refractivity contribution is -0.126. The van der Waals surface area contributed by atoms with Crippen molar-refractivity contribution < 1.29 is 13.6 Å². The number of benzene rings is 1. The maximum Gasteiger partial charge on any atom is 0.225 e. The lowest BCUT2D eigenvalue weighted by Gasteiger charge is -2.24. The smallest absolute Gasteiger partial charge is 0.225 e. The minimum Gasteiger partial charge on any atom is -0.351 e. The van der Waals surface area contributed by atoms with Crippen molar-refractivity contribution in [2.24, 2.45) is 11.7 Å². The standard InChI is InChI=1S/C14H20F2N2O/c1-14(2,3)18-13(19)10(8-17)7-9-5-4-6-11(15)12(9)16/h4-6,10H,7-8,17H2,1-3H3,(H,18,19). The van der Waals surface area contributed by atoms with Crippen LogP contribution in [0.3, 0.4) is 0 Å². The Morgan fingerprint density at radius 2 is 2.00 bits per heavy atom. The van der Waals surface area contributed by atoms with Crippen LogP contribution in [0.4, 0.5) is 8.78 Å². The number of carbonyl (C=O) groups is 1. The summed E-state index contributed by atoms with van der Waals surface area (Å²) in [4.78, 5) is 12.0. The zero-order valence-corrected chi connectivity index (χ0v) is 11.5. The number of hydrogen-bond donors (Lipinski definition) is 2. The van der Waals surface area contributed by atoms with E-state index in [1.165, 1.54) is 12.1 Å². The number of nitrogens with two attached hydrogens (primary N) is 1. The highest BCUT2D eigenvalue weighted by atomic mass is 19.2. The fraction of sp³-hybridized carbons (Fsp3) is 0.500. The number of carbonyl (C=O) groups excluding carboxylic acids is 1. The molecule has 0 fully saturated rings. The summed E-state index contributed by atoms with van der Waals surface area (Å²) in [6, 6.07) is 3.93. The van der Waals surface area contributed by atoms with E-state index in [9.17, 15) is 13.6 Å². The minimum absolute atomic E-state index is 0.0812. The number of nitrogens with one attached hydrogen (secondary N) is 1. The third-order valence-electron chi connectivity index (χ3n) is 2.65. The van der Waals surface area contributed by atoms with Gasteiger partial charge in [0.2, 0.25) is 5.91 Å². The Bertz CT molecular complexity index is 455. The molecular formula is C14H20F2N2O. The van der Waals surface area contributed by atoms with Gasteiger partial charge in [-0.3, -0.25) is 4.79 Å². The van der Waals surface area contributed by atoms with Crippen LogP contribution in [0.5, 0.6) is 0 Å². The van der Waals surface area contributed by atoms with E-state index < -0.39 is 17.6 Å². The monoisotopic (exact) mass is 270 g/mol. The lowest BCUT2D eigenvalue weighted by atomic mass is 9.96. The van der Waals surface area contributed by atoms with Gasteiger partial charge in [-0.25, -0.2) is 8.78 Å². The van der Waals surface area contributed by atoms with E-state index >= 15 is 0 Å². The highest BCUT2D eigenvalue weighted by Crippen LogP contribution is 2.16. The molecule has 1 aromatic carbocycles. The van der Waals surface area contributed by atoms with E-state index in [4.69, 9.17) is 5.73 Å². The second-order valence-corrected chi connectivity index (χ2v) is 5.59. The Morgan fingerprint density at radius 3 is 2.53 bits per heavy atom. The largest absolute Gasteiger partial charge is 0.351 e. The van der Waals surface area contributed by atoms with Crippen molar-refractivity contribution >= 4 is 5.91 Å². The molecule has 0 aliphatic heterocycles. The van der Waals surface area contributed by atoms with Crippen LogP contribution in [0.1, 0.15) is 26.3 Å². The van der Waals surface area contributed by atoms with Gasteiger partial charge in [-0.1, -0.05) is 12.1 Å². The van der Waals surface area contributed by atoms with E-state index in [1.807, 2.05) is 20.8 Å². The predicted octanol–water partition coefficient (Wildman–Crippen LogP) is 2.00. The Morgan fingerprint density at radius 1 is 1.37 bits per heavy atom. The number of hydrogen-bond acceptors (Lipinski definition) is 2. The number of amides is 1. The average molecular weight is 270 g/mol. The van der Waals surface area contributed by atoms with E-state index in [0.717, 1.165) is 6.07 Å². The molecule has 3 nitrogen and oxygen atoms in total. The van der Waals surface area contributed by atoms with Crippen molar-refractivity contribution in [2.45, 2.75) is 32.7 Å². The van der Waals surface area contributed by atoms with Gasteiger partial charge in [-0.15, -0.1) is 0 Å². The second-order valence-electron chi connectivity index (χ2n) is 5.59. The Hall–Kier alpha value is -1.49. The summed E-state index contributed by atoms with van der Waals surface area (Å²) in [5, 5.41) is 2.79. The minimum atomic E-state index is -0.912. The van der Waals surface area contributed by atoms with Crippen LogP contribution in [0, 0.1) is 17.6 Å². The van der Waals surface area contributed by atoms with Gasteiger partial charge in [0, 0.05) is 12.1 Å². The van der Waals surface area contributed by atoms with E-state index in [2.05, 4.69) is 5.32 Å². The van der Waals surface area contributed by atoms with Crippen LogP contribution in [-0.4, -0.2) is 18.0 Å². The van der Waals surface area contributed by atoms with Crippen molar-refractivity contribution in [1.82, 2.24) is 5.32 Å². The fourth-order valence-electron chi connectivity index (χ4n) is 1.73. The number of rotatable bonds is 4. The molecule has 106 valence electrons. The van der Waals surface area contributed by atoms with E-state index in [1.54, 1.807) is 0 Å². The number of halogens is 2. The molecule has 3 N–H and O–H groups in total. The molecule has 0 spiro atoms. The lowest BCUT2D eigenvalue weighted by Crippen LogP contribution is -2.46. The Kier molecular flexibility index (Phi) is 5.00. The summed E-state index contributed by atoms with van der Waals surface area (Å²) in [6.07, 6.45) is 0.0853. The molecule has 19 heavy (non-hydrogen) atoms. The fourth-order valence-corrected chi connectivity index (χ4v) is 1.73. The van der Waals surface area contributed by atoms with Gasteiger partial charge < -0.3 is 11.1 Å². The van der Waals surface area contributed by atoms with E-state index in [-0.39, 0.29) is 30.0 Å². The first kappa shape index (κ1) is 15.6. The van der Waals surface area contributed by atoms with Gasteiger partial charge in [0.25, 0.3) is 0 Å². The SMILES string of the molecule is CC(C)(C)NC(=O)C(CN)Cc1cccc(F)c1F. The highest BCUT2D eigenvalue weighted by molar-refractivity contribution is 5.79. The molecule has 1 unspecified atom stereocenters. The quantitative estimate of drug-likeness (QED) is 0.879. The van der Waals surface area contributed by atoms with Crippen molar-refractivity contribution in [3.05, 3.63) is 35.4 Å². The molecule has 0 heterocycles. The Labute approximate surface area is 112 Å². The first-order valence-corrected chi connectivity index (χ1v) is 6.19.